The number of nitrogens with one attached hydrogen (secondary N) is 1. The Morgan fingerprint density at radius 2 is 1.96 bits per heavy atom. The van der Waals surface area contributed by atoms with E-state index in [1.54, 1.807) is 24.3 Å². The van der Waals surface area contributed by atoms with Crippen molar-refractivity contribution in [2.45, 2.75) is 38.8 Å². The highest BCUT2D eigenvalue weighted by Crippen LogP contribution is 2.10. The van der Waals surface area contributed by atoms with Gasteiger partial charge in [-0.3, -0.25) is 4.79 Å². The maximum absolute atomic E-state index is 12.3. The molecular weight excluding hydrogens is 326 g/mol. The number of carbonyl (C=O) groups is 2. The number of aromatic nitrogens is 4. The Morgan fingerprint density at radius 3 is 2.48 bits per heavy atom. The molecule has 1 aromatic heterocycles. The first-order valence-corrected chi connectivity index (χ1v) is 7.77. The summed E-state index contributed by atoms with van der Waals surface area (Å²) in [5.74, 6) is -1.57. The van der Waals surface area contributed by atoms with Crippen LogP contribution in [0.1, 0.15) is 37.6 Å². The number of hydrogen-bond acceptors (Lipinski definition) is 6. The zero-order chi connectivity index (χ0) is 18.4. The molecule has 0 aliphatic carbocycles. The SMILES string of the molecule is CC(C)(C)OCCC(NC(=O)c1ccc(-n2cnnn2)cc1)C(=O)O. The molecule has 2 N–H and O–H groups in total. The molecule has 1 heterocycles. The Balaban J connectivity index is 1.97. The summed E-state index contributed by atoms with van der Waals surface area (Å²) in [5, 5.41) is 22.6. The molecule has 25 heavy (non-hydrogen) atoms. The van der Waals surface area contributed by atoms with Gasteiger partial charge in [-0.2, -0.15) is 0 Å². The first-order chi connectivity index (χ1) is 11.8. The number of nitrogens with zero attached hydrogens (tertiary/aromatic N) is 4. The topological polar surface area (TPSA) is 119 Å². The van der Waals surface area contributed by atoms with Crippen molar-refractivity contribution >= 4 is 11.9 Å². The molecular formula is C16H21N5O4. The highest BCUT2D eigenvalue weighted by Gasteiger charge is 2.21. The number of aliphatic carboxylic acids is 1. The van der Waals surface area contributed by atoms with Crippen LogP contribution in [0.4, 0.5) is 0 Å². The summed E-state index contributed by atoms with van der Waals surface area (Å²) in [7, 11) is 0. The third-order valence-corrected chi connectivity index (χ3v) is 3.29. The summed E-state index contributed by atoms with van der Waals surface area (Å²) >= 11 is 0. The molecule has 0 bridgehead atoms. The van der Waals surface area contributed by atoms with E-state index in [1.807, 2.05) is 20.8 Å². The number of carbonyl (C=O) groups excluding carboxylic acids is 1. The third kappa shape index (κ3) is 5.64. The standard InChI is InChI=1S/C16H21N5O4/c1-16(2,3)25-9-8-13(15(23)24)18-14(22)11-4-6-12(7-5-11)21-10-17-19-20-21/h4-7,10,13H,8-9H2,1-3H3,(H,18,22)(H,23,24). The lowest BCUT2D eigenvalue weighted by atomic mass is 10.1. The van der Waals surface area contributed by atoms with Gasteiger partial charge in [-0.05, 0) is 55.5 Å². The molecule has 1 atom stereocenters. The quantitative estimate of drug-likeness (QED) is 0.768. The zero-order valence-electron chi connectivity index (χ0n) is 14.3. The van der Waals surface area contributed by atoms with Gasteiger partial charge in [-0.15, -0.1) is 5.10 Å². The van der Waals surface area contributed by atoms with E-state index in [0.717, 1.165) is 0 Å². The van der Waals surface area contributed by atoms with E-state index < -0.39 is 17.9 Å². The highest BCUT2D eigenvalue weighted by molar-refractivity contribution is 5.96. The molecule has 0 aliphatic heterocycles. The van der Waals surface area contributed by atoms with Crippen LogP contribution in [-0.2, 0) is 9.53 Å². The number of rotatable bonds is 7. The molecule has 1 aromatic carbocycles. The highest BCUT2D eigenvalue weighted by atomic mass is 16.5. The molecule has 9 nitrogen and oxygen atoms in total. The predicted molar refractivity (Wildman–Crippen MR) is 88.4 cm³/mol. The largest absolute Gasteiger partial charge is 0.480 e. The van der Waals surface area contributed by atoms with Crippen LogP contribution in [0.15, 0.2) is 30.6 Å². The molecule has 2 rings (SSSR count). The van der Waals surface area contributed by atoms with Gasteiger partial charge in [0, 0.05) is 18.6 Å². The Morgan fingerprint density at radius 1 is 1.28 bits per heavy atom. The summed E-state index contributed by atoms with van der Waals surface area (Å²) in [6, 6.07) is 5.48. The molecule has 134 valence electrons. The van der Waals surface area contributed by atoms with E-state index >= 15 is 0 Å². The monoisotopic (exact) mass is 347 g/mol. The average molecular weight is 347 g/mol. The van der Waals surface area contributed by atoms with Gasteiger partial charge < -0.3 is 15.2 Å². The number of carboxylic acid groups (broad SMARTS) is 1. The van der Waals surface area contributed by atoms with Crippen molar-refractivity contribution in [2.24, 2.45) is 0 Å². The zero-order valence-corrected chi connectivity index (χ0v) is 14.3. The van der Waals surface area contributed by atoms with E-state index in [9.17, 15) is 14.7 Å². The number of amides is 1. The average Bonchev–Trinajstić information content (AvgIpc) is 3.07. The van der Waals surface area contributed by atoms with Crippen LogP contribution in [0, 0.1) is 0 Å². The van der Waals surface area contributed by atoms with Gasteiger partial charge in [0.15, 0.2) is 0 Å². The first kappa shape index (κ1) is 18.5. The van der Waals surface area contributed by atoms with Crippen molar-refractivity contribution in [3.8, 4) is 5.69 Å². The Hall–Kier alpha value is -2.81. The van der Waals surface area contributed by atoms with Gasteiger partial charge in [0.05, 0.1) is 11.3 Å². The second kappa shape index (κ2) is 7.84. The van der Waals surface area contributed by atoms with Crippen molar-refractivity contribution in [3.63, 3.8) is 0 Å². The molecule has 0 radical (unpaired) electrons. The predicted octanol–water partition coefficient (Wildman–Crippen LogP) is 1.05. The lowest BCUT2D eigenvalue weighted by Gasteiger charge is -2.21. The van der Waals surface area contributed by atoms with Crippen molar-refractivity contribution in [1.29, 1.82) is 0 Å². The Bertz CT molecular complexity index is 707. The van der Waals surface area contributed by atoms with Crippen LogP contribution < -0.4 is 5.32 Å². The van der Waals surface area contributed by atoms with Crippen molar-refractivity contribution < 1.29 is 19.4 Å². The molecule has 0 saturated carbocycles. The fourth-order valence-corrected chi connectivity index (χ4v) is 2.03. The van der Waals surface area contributed by atoms with E-state index in [1.165, 1.54) is 11.0 Å². The molecule has 0 saturated heterocycles. The summed E-state index contributed by atoms with van der Waals surface area (Å²) in [5.41, 5.74) is 0.675. The van der Waals surface area contributed by atoms with Crippen molar-refractivity contribution in [1.82, 2.24) is 25.5 Å². The minimum atomic E-state index is -1.10. The van der Waals surface area contributed by atoms with Crippen LogP contribution >= 0.6 is 0 Å². The fourth-order valence-electron chi connectivity index (χ4n) is 2.03. The normalized spacial score (nSPS) is 12.6. The van der Waals surface area contributed by atoms with Crippen LogP contribution in [0.3, 0.4) is 0 Å². The summed E-state index contributed by atoms with van der Waals surface area (Å²) in [6.07, 6.45) is 1.62. The van der Waals surface area contributed by atoms with Gasteiger partial charge in [0.1, 0.15) is 12.4 Å². The summed E-state index contributed by atoms with van der Waals surface area (Å²) in [4.78, 5) is 23.6. The molecule has 0 aliphatic rings. The van der Waals surface area contributed by atoms with Gasteiger partial charge in [0.25, 0.3) is 5.91 Å². The molecule has 1 amide bonds. The number of tetrazole rings is 1. The molecule has 0 fully saturated rings. The number of benzene rings is 1. The third-order valence-electron chi connectivity index (χ3n) is 3.29. The minimum Gasteiger partial charge on any atom is -0.480 e. The maximum atomic E-state index is 12.3. The van der Waals surface area contributed by atoms with Crippen molar-refractivity contribution in [2.75, 3.05) is 6.61 Å². The molecule has 2 aromatic rings. The molecule has 0 spiro atoms. The van der Waals surface area contributed by atoms with Crippen LogP contribution in [0.25, 0.3) is 5.69 Å². The van der Waals surface area contributed by atoms with E-state index in [-0.39, 0.29) is 18.6 Å². The van der Waals surface area contributed by atoms with Gasteiger partial charge in [-0.1, -0.05) is 0 Å². The van der Waals surface area contributed by atoms with Crippen LogP contribution in [0.5, 0.6) is 0 Å². The second-order valence-electron chi connectivity index (χ2n) is 6.42. The molecule has 9 heteroatoms. The fraction of sp³-hybridized carbons (Fsp3) is 0.438. The number of ether oxygens (including phenoxy) is 1. The van der Waals surface area contributed by atoms with Gasteiger partial charge in [0.2, 0.25) is 0 Å². The number of carboxylic acids is 1. The van der Waals surface area contributed by atoms with E-state index in [0.29, 0.717) is 11.3 Å². The van der Waals surface area contributed by atoms with Crippen LogP contribution in [-0.4, -0.2) is 55.4 Å². The summed E-state index contributed by atoms with van der Waals surface area (Å²) in [6.45, 7) is 5.88. The minimum absolute atomic E-state index is 0.182. The van der Waals surface area contributed by atoms with E-state index in [4.69, 9.17) is 4.74 Å². The van der Waals surface area contributed by atoms with Gasteiger partial charge in [-0.25, -0.2) is 9.48 Å². The summed E-state index contributed by atoms with van der Waals surface area (Å²) < 4.78 is 6.97. The van der Waals surface area contributed by atoms with Crippen molar-refractivity contribution in [3.05, 3.63) is 36.2 Å². The number of hydrogen-bond donors (Lipinski definition) is 2. The smallest absolute Gasteiger partial charge is 0.326 e. The second-order valence-corrected chi connectivity index (χ2v) is 6.42. The lowest BCUT2D eigenvalue weighted by Crippen LogP contribution is -2.42. The molecule has 1 unspecified atom stereocenters. The lowest BCUT2D eigenvalue weighted by molar-refractivity contribution is -0.140. The Kier molecular flexibility index (Phi) is 5.81. The van der Waals surface area contributed by atoms with Crippen LogP contribution in [0.2, 0.25) is 0 Å². The Labute approximate surface area is 145 Å². The first-order valence-electron chi connectivity index (χ1n) is 7.77. The maximum Gasteiger partial charge on any atom is 0.326 e. The van der Waals surface area contributed by atoms with Gasteiger partial charge >= 0.3 is 5.97 Å². The van der Waals surface area contributed by atoms with E-state index in [2.05, 4.69) is 20.8 Å².